The summed E-state index contributed by atoms with van der Waals surface area (Å²) in [6, 6.07) is 3.16. The first kappa shape index (κ1) is 17.4. The van der Waals surface area contributed by atoms with Gasteiger partial charge in [0.25, 0.3) is 0 Å². The molecule has 1 aromatic carbocycles. The predicted octanol–water partition coefficient (Wildman–Crippen LogP) is 4.46. The normalized spacial score (nSPS) is 12.0. The first-order valence-electron chi connectivity index (χ1n) is 7.18. The van der Waals surface area contributed by atoms with Crippen LogP contribution >= 0.6 is 23.2 Å². The van der Waals surface area contributed by atoms with E-state index < -0.39 is 9.84 Å². The van der Waals surface area contributed by atoms with Crippen LogP contribution in [0, 0.1) is 0 Å². The molecule has 0 unspecified atom stereocenters. The third kappa shape index (κ3) is 4.09. The molecule has 2 rings (SSSR count). The minimum atomic E-state index is -3.44. The van der Waals surface area contributed by atoms with Gasteiger partial charge in [-0.05, 0) is 25.0 Å². The predicted molar refractivity (Wildman–Crippen MR) is 90.5 cm³/mol. The Kier molecular flexibility index (Phi) is 5.64. The minimum Gasteiger partial charge on any atom is -0.248 e. The highest BCUT2D eigenvalue weighted by molar-refractivity contribution is 7.90. The van der Waals surface area contributed by atoms with Crippen LogP contribution in [0.5, 0.6) is 0 Å². The summed E-state index contributed by atoms with van der Waals surface area (Å²) in [5.41, 5.74) is 1.50. The van der Waals surface area contributed by atoms with E-state index in [0.717, 1.165) is 31.9 Å². The van der Waals surface area contributed by atoms with E-state index in [1.807, 2.05) is 0 Å². The average Bonchev–Trinajstić information content (AvgIpc) is 2.43. The van der Waals surface area contributed by atoms with Crippen LogP contribution < -0.4 is 0 Å². The molecule has 0 aliphatic heterocycles. The van der Waals surface area contributed by atoms with E-state index in [2.05, 4.69) is 16.9 Å². The third-order valence-electron chi connectivity index (χ3n) is 3.36. The van der Waals surface area contributed by atoms with Crippen molar-refractivity contribution < 1.29 is 8.42 Å². The van der Waals surface area contributed by atoms with E-state index in [0.29, 0.717) is 33.2 Å². The number of fused-ring (bicyclic) bond motifs is 1. The zero-order valence-electron chi connectivity index (χ0n) is 12.6. The third-order valence-corrected chi connectivity index (χ3v) is 5.11. The van der Waals surface area contributed by atoms with Gasteiger partial charge < -0.3 is 0 Å². The van der Waals surface area contributed by atoms with Gasteiger partial charge in [0.2, 0.25) is 0 Å². The summed E-state index contributed by atoms with van der Waals surface area (Å²) >= 11 is 12.0. The maximum absolute atomic E-state index is 12.0. The summed E-state index contributed by atoms with van der Waals surface area (Å²) in [5, 5.41) is 0.751. The van der Waals surface area contributed by atoms with Crippen molar-refractivity contribution in [3.63, 3.8) is 0 Å². The van der Waals surface area contributed by atoms with Crippen molar-refractivity contribution in [2.24, 2.45) is 0 Å². The first-order chi connectivity index (χ1) is 10.3. The maximum Gasteiger partial charge on any atom is 0.194 e. The Bertz CT molecular complexity index is 792. The molecule has 0 aliphatic carbocycles. The number of hydrogen-bond acceptors (Lipinski definition) is 4. The molecular weight excluding hydrogens is 343 g/mol. The summed E-state index contributed by atoms with van der Waals surface area (Å²) in [6.07, 6.45) is 5.91. The summed E-state index contributed by atoms with van der Waals surface area (Å²) in [6.45, 7) is 2.13. The zero-order chi connectivity index (χ0) is 16.3. The molecule has 0 atom stereocenters. The Labute approximate surface area is 140 Å². The van der Waals surface area contributed by atoms with Crippen LogP contribution in [0.2, 0.25) is 10.0 Å². The smallest absolute Gasteiger partial charge is 0.194 e. The van der Waals surface area contributed by atoms with E-state index in [1.165, 1.54) is 0 Å². The van der Waals surface area contributed by atoms with Crippen LogP contribution in [0.25, 0.3) is 11.0 Å². The number of aromatic nitrogens is 2. The van der Waals surface area contributed by atoms with Crippen molar-refractivity contribution in [3.05, 3.63) is 27.9 Å². The molecule has 0 saturated heterocycles. The van der Waals surface area contributed by atoms with Gasteiger partial charge in [0.15, 0.2) is 14.9 Å². The number of rotatable bonds is 6. The van der Waals surface area contributed by atoms with Crippen LogP contribution in [-0.2, 0) is 16.3 Å². The summed E-state index contributed by atoms with van der Waals surface area (Å²) in [7, 11) is -3.44. The largest absolute Gasteiger partial charge is 0.248 e. The van der Waals surface area contributed by atoms with Crippen molar-refractivity contribution in [1.29, 1.82) is 0 Å². The molecule has 0 saturated carbocycles. The minimum absolute atomic E-state index is 0.0369. The van der Waals surface area contributed by atoms with Gasteiger partial charge >= 0.3 is 0 Å². The number of benzene rings is 1. The molecule has 120 valence electrons. The molecule has 0 bridgehead atoms. The Balaban J connectivity index is 2.49. The SMILES string of the molecule is CCCCCCc1nc2cc(Cl)c(Cl)cc2nc1S(C)(=O)=O. The molecule has 4 nitrogen and oxygen atoms in total. The van der Waals surface area contributed by atoms with Crippen molar-refractivity contribution >= 4 is 44.1 Å². The second kappa shape index (κ2) is 7.11. The fourth-order valence-corrected chi connectivity index (χ4v) is 3.41. The van der Waals surface area contributed by atoms with Crippen LogP contribution in [0.4, 0.5) is 0 Å². The standard InChI is InChI=1S/C15H18Cl2N2O2S/c1-3-4-5-6-7-12-15(22(2,20)21)19-14-9-11(17)10(16)8-13(14)18-12/h8-9H,3-7H2,1-2H3. The first-order valence-corrected chi connectivity index (χ1v) is 9.83. The maximum atomic E-state index is 12.0. The summed E-state index contributed by atoms with van der Waals surface area (Å²) < 4.78 is 24.0. The lowest BCUT2D eigenvalue weighted by Gasteiger charge is -2.09. The lowest BCUT2D eigenvalue weighted by atomic mass is 10.1. The van der Waals surface area contributed by atoms with E-state index in [9.17, 15) is 8.42 Å². The zero-order valence-corrected chi connectivity index (χ0v) is 14.9. The second-order valence-corrected chi connectivity index (χ2v) is 8.06. The van der Waals surface area contributed by atoms with Gasteiger partial charge in [-0.3, -0.25) is 0 Å². The molecule has 7 heteroatoms. The molecule has 1 heterocycles. The summed E-state index contributed by atoms with van der Waals surface area (Å²) in [4.78, 5) is 8.71. The van der Waals surface area contributed by atoms with Crippen molar-refractivity contribution in [3.8, 4) is 0 Å². The van der Waals surface area contributed by atoms with Gasteiger partial charge in [-0.1, -0.05) is 49.4 Å². The van der Waals surface area contributed by atoms with Crippen molar-refractivity contribution in [1.82, 2.24) is 9.97 Å². The van der Waals surface area contributed by atoms with Crippen LogP contribution in [0.3, 0.4) is 0 Å². The number of nitrogens with zero attached hydrogens (tertiary/aromatic N) is 2. The fourth-order valence-electron chi connectivity index (χ4n) is 2.25. The molecule has 0 radical (unpaired) electrons. The monoisotopic (exact) mass is 360 g/mol. The highest BCUT2D eigenvalue weighted by atomic mass is 35.5. The van der Waals surface area contributed by atoms with Gasteiger partial charge in [-0.15, -0.1) is 0 Å². The molecule has 0 amide bonds. The molecule has 0 aliphatic rings. The van der Waals surface area contributed by atoms with Crippen LogP contribution in [0.15, 0.2) is 17.2 Å². The molecule has 22 heavy (non-hydrogen) atoms. The van der Waals surface area contributed by atoms with E-state index in [1.54, 1.807) is 12.1 Å². The topological polar surface area (TPSA) is 59.9 Å². The number of halogens is 2. The second-order valence-electron chi connectivity index (χ2n) is 5.31. The van der Waals surface area contributed by atoms with Gasteiger partial charge in [0.05, 0.1) is 26.8 Å². The highest BCUT2D eigenvalue weighted by Gasteiger charge is 2.18. The van der Waals surface area contributed by atoms with Crippen LogP contribution in [0.1, 0.15) is 38.3 Å². The van der Waals surface area contributed by atoms with Crippen molar-refractivity contribution in [2.75, 3.05) is 6.26 Å². The Hall–Kier alpha value is -0.910. The molecule has 0 fully saturated rings. The fraction of sp³-hybridized carbons (Fsp3) is 0.467. The molecule has 0 spiro atoms. The average molecular weight is 361 g/mol. The summed E-state index contributed by atoms with van der Waals surface area (Å²) in [5.74, 6) is 0. The molecule has 1 aromatic heterocycles. The quantitative estimate of drug-likeness (QED) is 0.713. The number of unbranched alkanes of at least 4 members (excludes halogenated alkanes) is 3. The van der Waals surface area contributed by atoms with E-state index in [-0.39, 0.29) is 5.03 Å². The van der Waals surface area contributed by atoms with E-state index >= 15 is 0 Å². The molecular formula is C15H18Cl2N2O2S. The van der Waals surface area contributed by atoms with Gasteiger partial charge in [-0.2, -0.15) is 0 Å². The van der Waals surface area contributed by atoms with Gasteiger partial charge in [0.1, 0.15) is 0 Å². The molecule has 2 aromatic rings. The Morgan fingerprint density at radius 3 is 2.14 bits per heavy atom. The Morgan fingerprint density at radius 2 is 1.59 bits per heavy atom. The number of sulfone groups is 1. The molecule has 0 N–H and O–H groups in total. The highest BCUT2D eigenvalue weighted by Crippen LogP contribution is 2.28. The number of aryl methyl sites for hydroxylation is 1. The van der Waals surface area contributed by atoms with Crippen molar-refractivity contribution in [2.45, 2.75) is 44.1 Å². The lowest BCUT2D eigenvalue weighted by molar-refractivity contribution is 0.593. The Morgan fingerprint density at radius 1 is 1.00 bits per heavy atom. The number of hydrogen-bond donors (Lipinski definition) is 0. The van der Waals surface area contributed by atoms with Gasteiger partial charge in [-0.25, -0.2) is 18.4 Å². The van der Waals surface area contributed by atoms with Crippen LogP contribution in [-0.4, -0.2) is 24.6 Å². The van der Waals surface area contributed by atoms with Gasteiger partial charge in [0, 0.05) is 6.26 Å². The van der Waals surface area contributed by atoms with E-state index in [4.69, 9.17) is 23.2 Å². The lowest BCUT2D eigenvalue weighted by Crippen LogP contribution is -2.08.